The van der Waals surface area contributed by atoms with Crippen LogP contribution in [-0.2, 0) is 19.1 Å². The normalized spacial score (nSPS) is 56.4. The average Bonchev–Trinajstić information content (AvgIpc) is 3.23. The van der Waals surface area contributed by atoms with Crippen molar-refractivity contribution in [1.82, 2.24) is 0 Å². The molecule has 1 spiro atoms. The average molecular weight is 354 g/mol. The number of ether oxygens (including phenoxy) is 2. The predicted molar refractivity (Wildman–Crippen MR) is 94.1 cm³/mol. The molecule has 138 valence electrons. The molecule has 0 bridgehead atoms. The van der Waals surface area contributed by atoms with E-state index in [0.29, 0.717) is 24.2 Å². The molecule has 26 heavy (non-hydrogen) atoms. The molecule has 0 aromatic heterocycles. The summed E-state index contributed by atoms with van der Waals surface area (Å²) < 4.78 is 12.2. The number of rotatable bonds is 0. The van der Waals surface area contributed by atoms with Gasteiger partial charge in [0.25, 0.3) is 0 Å². The smallest absolute Gasteiger partial charge is 0.306 e. The molecule has 2 saturated heterocycles. The van der Waals surface area contributed by atoms with E-state index in [1.165, 1.54) is 5.57 Å². The third kappa shape index (κ3) is 1.62. The molecule has 6 rings (SSSR count). The Morgan fingerprint density at radius 1 is 1.08 bits per heavy atom. The van der Waals surface area contributed by atoms with Crippen molar-refractivity contribution < 1.29 is 19.1 Å². The summed E-state index contributed by atoms with van der Waals surface area (Å²) in [6.45, 7) is 4.69. The Morgan fingerprint density at radius 3 is 2.65 bits per heavy atom. The van der Waals surface area contributed by atoms with Gasteiger partial charge in [-0.2, -0.15) is 0 Å². The Kier molecular flexibility index (Phi) is 2.71. The molecule has 2 aliphatic heterocycles. The van der Waals surface area contributed by atoms with Crippen LogP contribution in [0.4, 0.5) is 0 Å². The Labute approximate surface area is 154 Å². The number of carbonyl (C=O) groups excluding carboxylic acids is 2. The first-order valence-corrected chi connectivity index (χ1v) is 10.2. The maximum Gasteiger partial charge on any atom is 0.306 e. The molecule has 0 aromatic rings. The van der Waals surface area contributed by atoms with Crippen molar-refractivity contribution in [3.63, 3.8) is 0 Å². The first-order chi connectivity index (χ1) is 12.4. The van der Waals surface area contributed by atoms with Gasteiger partial charge in [-0.05, 0) is 67.6 Å². The Hall–Kier alpha value is -1.42. The zero-order valence-corrected chi connectivity index (χ0v) is 15.5. The highest BCUT2D eigenvalue weighted by Gasteiger charge is 2.72. The van der Waals surface area contributed by atoms with E-state index < -0.39 is 0 Å². The first-order valence-electron chi connectivity index (χ1n) is 10.2. The van der Waals surface area contributed by atoms with Gasteiger partial charge >= 0.3 is 5.97 Å². The SMILES string of the molecule is C[C@]12C=CC(=O)C=C1[C@H]1O[C@H]1[C@@H]1[C@@H]2CC[C@@]2(C)[C@H]1CC[C@@]21CCC(=O)O1. The van der Waals surface area contributed by atoms with Gasteiger partial charge < -0.3 is 9.47 Å². The fraction of sp³-hybridized carbons (Fsp3) is 0.727. The zero-order valence-electron chi connectivity index (χ0n) is 15.5. The third-order valence-electron chi connectivity index (χ3n) is 9.16. The summed E-state index contributed by atoms with van der Waals surface area (Å²) >= 11 is 0. The summed E-state index contributed by atoms with van der Waals surface area (Å²) in [5.74, 6) is 1.67. The van der Waals surface area contributed by atoms with Crippen molar-refractivity contribution in [3.8, 4) is 0 Å². The van der Waals surface area contributed by atoms with Crippen LogP contribution in [-0.4, -0.2) is 29.6 Å². The van der Waals surface area contributed by atoms with Crippen molar-refractivity contribution in [2.24, 2.45) is 28.6 Å². The minimum absolute atomic E-state index is 0.0101. The predicted octanol–water partition coefficient (Wildman–Crippen LogP) is 3.36. The fourth-order valence-corrected chi connectivity index (χ4v) is 7.75. The topological polar surface area (TPSA) is 55.9 Å². The summed E-state index contributed by atoms with van der Waals surface area (Å²) in [7, 11) is 0. The van der Waals surface area contributed by atoms with Crippen molar-refractivity contribution in [2.45, 2.75) is 70.2 Å². The number of esters is 1. The number of ketones is 1. The van der Waals surface area contributed by atoms with Crippen molar-refractivity contribution >= 4 is 11.8 Å². The number of epoxide rings is 1. The Bertz CT molecular complexity index is 796. The molecule has 2 heterocycles. The molecule has 0 radical (unpaired) electrons. The maximum absolute atomic E-state index is 12.0. The van der Waals surface area contributed by atoms with Crippen LogP contribution >= 0.6 is 0 Å². The summed E-state index contributed by atoms with van der Waals surface area (Å²) in [5, 5.41) is 0. The van der Waals surface area contributed by atoms with Gasteiger partial charge in [-0.3, -0.25) is 9.59 Å². The van der Waals surface area contributed by atoms with Gasteiger partial charge in [0.15, 0.2) is 5.78 Å². The van der Waals surface area contributed by atoms with Gasteiger partial charge in [-0.25, -0.2) is 0 Å². The van der Waals surface area contributed by atoms with Gasteiger partial charge in [0.2, 0.25) is 0 Å². The lowest BCUT2D eigenvalue weighted by atomic mass is 9.47. The molecule has 4 nitrogen and oxygen atoms in total. The van der Waals surface area contributed by atoms with Crippen LogP contribution in [0.25, 0.3) is 0 Å². The molecular weight excluding hydrogens is 328 g/mol. The van der Waals surface area contributed by atoms with Crippen molar-refractivity contribution in [3.05, 3.63) is 23.8 Å². The van der Waals surface area contributed by atoms with Gasteiger partial charge in [-0.15, -0.1) is 0 Å². The molecule has 3 saturated carbocycles. The van der Waals surface area contributed by atoms with Gasteiger partial charge in [0.05, 0.1) is 6.10 Å². The van der Waals surface area contributed by atoms with E-state index in [9.17, 15) is 9.59 Å². The van der Waals surface area contributed by atoms with Crippen LogP contribution in [0.2, 0.25) is 0 Å². The molecule has 6 aliphatic rings. The van der Waals surface area contributed by atoms with Gasteiger partial charge in [0, 0.05) is 17.3 Å². The monoisotopic (exact) mass is 354 g/mol. The van der Waals surface area contributed by atoms with Crippen LogP contribution in [0.5, 0.6) is 0 Å². The van der Waals surface area contributed by atoms with E-state index in [2.05, 4.69) is 19.9 Å². The molecule has 0 N–H and O–H groups in total. The molecule has 0 amide bonds. The third-order valence-corrected chi connectivity index (χ3v) is 9.16. The number of carbonyl (C=O) groups is 2. The molecular formula is C22H26O4. The highest BCUT2D eigenvalue weighted by molar-refractivity contribution is 6.01. The van der Waals surface area contributed by atoms with Crippen LogP contribution in [0.1, 0.15) is 52.4 Å². The van der Waals surface area contributed by atoms with E-state index in [1.54, 1.807) is 6.08 Å². The lowest BCUT2D eigenvalue weighted by Crippen LogP contribution is -2.56. The van der Waals surface area contributed by atoms with Gasteiger partial charge in [0.1, 0.15) is 11.7 Å². The number of allylic oxidation sites excluding steroid dienone is 3. The molecule has 8 atom stereocenters. The number of fused-ring (bicyclic) bond motifs is 9. The molecule has 0 unspecified atom stereocenters. The second kappa shape index (κ2) is 4.52. The maximum atomic E-state index is 12.0. The largest absolute Gasteiger partial charge is 0.458 e. The fourth-order valence-electron chi connectivity index (χ4n) is 7.75. The van der Waals surface area contributed by atoms with Gasteiger partial charge in [-0.1, -0.05) is 19.9 Å². The number of hydrogen-bond donors (Lipinski definition) is 0. The van der Waals surface area contributed by atoms with E-state index in [4.69, 9.17) is 9.47 Å². The van der Waals surface area contributed by atoms with E-state index in [1.807, 2.05) is 6.08 Å². The van der Waals surface area contributed by atoms with E-state index in [-0.39, 0.29) is 40.4 Å². The van der Waals surface area contributed by atoms with Crippen LogP contribution in [0.15, 0.2) is 23.8 Å². The summed E-state index contributed by atoms with van der Waals surface area (Å²) in [4.78, 5) is 23.9. The first kappa shape index (κ1) is 15.6. The summed E-state index contributed by atoms with van der Waals surface area (Å²) in [5.41, 5.74) is 0.988. The highest BCUT2D eigenvalue weighted by Crippen LogP contribution is 2.71. The molecule has 4 aliphatic carbocycles. The van der Waals surface area contributed by atoms with Crippen LogP contribution in [0, 0.1) is 28.6 Å². The Balaban J connectivity index is 1.41. The highest BCUT2D eigenvalue weighted by atomic mass is 16.6. The number of hydrogen-bond acceptors (Lipinski definition) is 4. The standard InChI is InChI=1S/C22H26O4/c1-20-7-3-12(23)11-15(20)18-19(25-18)17-13(20)4-8-21(2)14(17)5-9-22(21)10-6-16(24)26-22/h3,7,11,13-14,17-19H,4-6,8-10H2,1-2H3/t13-,14-,17+,18+,19-,20+,21-,22+/m0/s1. The van der Waals surface area contributed by atoms with Crippen molar-refractivity contribution in [1.29, 1.82) is 0 Å². The van der Waals surface area contributed by atoms with E-state index >= 15 is 0 Å². The van der Waals surface area contributed by atoms with Crippen molar-refractivity contribution in [2.75, 3.05) is 0 Å². The summed E-state index contributed by atoms with van der Waals surface area (Å²) in [6, 6.07) is 0. The summed E-state index contributed by atoms with van der Waals surface area (Å²) in [6.07, 6.45) is 12.0. The second-order valence-electron chi connectivity index (χ2n) is 9.89. The Morgan fingerprint density at radius 2 is 1.88 bits per heavy atom. The van der Waals surface area contributed by atoms with E-state index in [0.717, 1.165) is 32.1 Å². The minimum Gasteiger partial charge on any atom is -0.458 e. The minimum atomic E-state index is -0.237. The van der Waals surface area contributed by atoms with Crippen LogP contribution < -0.4 is 0 Å². The molecule has 4 heteroatoms. The second-order valence-corrected chi connectivity index (χ2v) is 9.89. The van der Waals surface area contributed by atoms with Crippen LogP contribution in [0.3, 0.4) is 0 Å². The molecule has 5 fully saturated rings. The quantitative estimate of drug-likeness (QED) is 0.494. The lowest BCUT2D eigenvalue weighted by molar-refractivity contribution is -0.166. The molecule has 0 aromatic carbocycles. The zero-order chi connectivity index (χ0) is 17.9. The lowest BCUT2D eigenvalue weighted by Gasteiger charge is -2.56.